The average molecular weight is 496 g/mol. The van der Waals surface area contributed by atoms with Gasteiger partial charge in [-0.1, -0.05) is 13.8 Å². The van der Waals surface area contributed by atoms with Crippen molar-refractivity contribution >= 4 is 33.3 Å². The van der Waals surface area contributed by atoms with Gasteiger partial charge in [-0.25, -0.2) is 8.42 Å². The van der Waals surface area contributed by atoms with Crippen LogP contribution in [-0.4, -0.2) is 52.1 Å². The summed E-state index contributed by atoms with van der Waals surface area (Å²) in [6, 6.07) is 8.09. The van der Waals surface area contributed by atoms with Gasteiger partial charge < -0.3 is 19.5 Å². The molecule has 0 saturated carbocycles. The molecule has 0 aliphatic carbocycles. The molecule has 0 bridgehead atoms. The van der Waals surface area contributed by atoms with E-state index >= 15 is 0 Å². The van der Waals surface area contributed by atoms with E-state index in [2.05, 4.69) is 10.0 Å². The Kier molecular flexibility index (Phi) is 8.92. The first-order valence-corrected chi connectivity index (χ1v) is 11.4. The number of nitrogens with one attached hydrogen (secondary N) is 2. The highest BCUT2D eigenvalue weighted by molar-refractivity contribution is 7.89. The summed E-state index contributed by atoms with van der Waals surface area (Å²) in [4.78, 5) is 35.2. The molecule has 34 heavy (non-hydrogen) atoms. The lowest BCUT2D eigenvalue weighted by Gasteiger charge is -2.20. The number of ether oxygens (including phenoxy) is 3. The minimum atomic E-state index is -4.08. The Hall–Kier alpha value is -3.71. The summed E-state index contributed by atoms with van der Waals surface area (Å²) >= 11 is 0. The molecule has 2 aromatic carbocycles. The molecule has 0 aliphatic rings. The molecule has 2 rings (SSSR count). The summed E-state index contributed by atoms with van der Waals surface area (Å²) in [5.41, 5.74) is -0.529. The zero-order valence-electron chi connectivity index (χ0n) is 18.9. The first-order chi connectivity index (χ1) is 16.0. The molecule has 1 amide bonds. The lowest BCUT2D eigenvalue weighted by atomic mass is 10.1. The van der Waals surface area contributed by atoms with Crippen LogP contribution in [0.4, 0.5) is 11.4 Å². The summed E-state index contributed by atoms with van der Waals surface area (Å²) in [5.74, 6) is -1.65. The lowest BCUT2D eigenvalue weighted by molar-refractivity contribution is -0.384. The summed E-state index contributed by atoms with van der Waals surface area (Å²) in [5, 5.41) is 13.5. The van der Waals surface area contributed by atoms with E-state index in [4.69, 9.17) is 14.2 Å². The third kappa shape index (κ3) is 6.89. The molecular formula is C21H25N3O9S. The molecule has 184 valence electrons. The van der Waals surface area contributed by atoms with Crippen molar-refractivity contribution in [2.75, 3.05) is 26.1 Å². The maximum Gasteiger partial charge on any atom is 0.324 e. The maximum atomic E-state index is 12.7. The Morgan fingerprint density at radius 2 is 1.62 bits per heavy atom. The number of anilines is 1. The molecule has 0 unspecified atom stereocenters. The van der Waals surface area contributed by atoms with Gasteiger partial charge in [-0.05, 0) is 42.3 Å². The van der Waals surface area contributed by atoms with E-state index in [1.54, 1.807) is 13.8 Å². The molecule has 0 spiro atoms. The van der Waals surface area contributed by atoms with Crippen molar-refractivity contribution in [3.8, 4) is 11.5 Å². The van der Waals surface area contributed by atoms with Gasteiger partial charge in [0.2, 0.25) is 10.0 Å². The highest BCUT2D eigenvalue weighted by Crippen LogP contribution is 2.28. The maximum absolute atomic E-state index is 12.7. The van der Waals surface area contributed by atoms with E-state index in [0.29, 0.717) is 5.75 Å². The van der Waals surface area contributed by atoms with Crippen LogP contribution in [0.2, 0.25) is 0 Å². The fraction of sp³-hybridized carbons (Fsp3) is 0.333. The molecule has 0 heterocycles. The van der Waals surface area contributed by atoms with Crippen LogP contribution in [0.25, 0.3) is 0 Å². The zero-order chi connectivity index (χ0) is 25.5. The molecule has 0 fully saturated rings. The number of hydrogen-bond acceptors (Lipinski definition) is 9. The Balaban J connectivity index is 2.06. The molecule has 1 atom stereocenters. The second-order valence-electron chi connectivity index (χ2n) is 7.31. The molecule has 0 saturated heterocycles. The number of carbonyl (C=O) groups is 2. The summed E-state index contributed by atoms with van der Waals surface area (Å²) in [6.45, 7) is 2.42. The van der Waals surface area contributed by atoms with E-state index in [9.17, 15) is 28.1 Å². The van der Waals surface area contributed by atoms with Gasteiger partial charge in [0.05, 0.1) is 30.1 Å². The number of amides is 1. The van der Waals surface area contributed by atoms with Gasteiger partial charge in [-0.15, -0.1) is 0 Å². The van der Waals surface area contributed by atoms with E-state index in [1.807, 2.05) is 0 Å². The van der Waals surface area contributed by atoms with Gasteiger partial charge in [0.15, 0.2) is 6.61 Å². The first kappa shape index (κ1) is 26.5. The molecule has 2 aromatic rings. The van der Waals surface area contributed by atoms with Crippen LogP contribution in [0.1, 0.15) is 13.8 Å². The van der Waals surface area contributed by atoms with E-state index in [-0.39, 0.29) is 16.3 Å². The van der Waals surface area contributed by atoms with E-state index in [1.165, 1.54) is 50.6 Å². The SMILES string of the molecule is COc1ccc(S(=O)(=O)N[C@H](C(=O)OCC(=O)Nc2ccc(OC)cc2[N+](=O)[O-])C(C)C)cc1. The molecule has 2 N–H and O–H groups in total. The third-order valence-electron chi connectivity index (χ3n) is 4.59. The van der Waals surface area contributed by atoms with E-state index < -0.39 is 51.1 Å². The van der Waals surface area contributed by atoms with Crippen molar-refractivity contribution < 1.29 is 37.1 Å². The zero-order valence-corrected chi connectivity index (χ0v) is 19.7. The number of sulfonamides is 1. The Morgan fingerprint density at radius 3 is 2.15 bits per heavy atom. The summed E-state index contributed by atoms with van der Waals surface area (Å²) < 4.78 is 42.5. The number of benzene rings is 2. The second kappa shape index (κ2) is 11.4. The van der Waals surface area contributed by atoms with Gasteiger partial charge in [-0.3, -0.25) is 19.7 Å². The van der Waals surface area contributed by atoms with Gasteiger partial charge in [0, 0.05) is 0 Å². The van der Waals surface area contributed by atoms with Gasteiger partial charge >= 0.3 is 5.97 Å². The normalized spacial score (nSPS) is 12.0. The van der Waals surface area contributed by atoms with Crippen molar-refractivity contribution in [2.24, 2.45) is 5.92 Å². The minimum absolute atomic E-state index is 0.0868. The van der Waals surface area contributed by atoms with Crippen LogP contribution >= 0.6 is 0 Å². The standard InChI is InChI=1S/C21H25N3O9S/c1-13(2)20(23-34(29,30)16-8-5-14(31-3)6-9-16)21(26)33-12-19(25)22-17-10-7-15(32-4)11-18(17)24(27)28/h5-11,13,20,23H,12H2,1-4H3,(H,22,25)/t20-/m0/s1. The number of esters is 1. The van der Waals surface area contributed by atoms with Crippen LogP contribution in [0, 0.1) is 16.0 Å². The number of carbonyl (C=O) groups excluding carboxylic acids is 2. The molecule has 0 aromatic heterocycles. The monoisotopic (exact) mass is 495 g/mol. The summed E-state index contributed by atoms with van der Waals surface area (Å²) in [6.07, 6.45) is 0. The van der Waals surface area contributed by atoms with Gasteiger partial charge in [0.1, 0.15) is 23.2 Å². The average Bonchev–Trinajstić information content (AvgIpc) is 2.81. The molecule has 12 nitrogen and oxygen atoms in total. The van der Waals surface area contributed by atoms with Crippen molar-refractivity contribution in [3.05, 3.63) is 52.6 Å². The van der Waals surface area contributed by atoms with Crippen molar-refractivity contribution in [1.29, 1.82) is 0 Å². The Labute approximate surface area is 196 Å². The smallest absolute Gasteiger partial charge is 0.324 e. The lowest BCUT2D eigenvalue weighted by Crippen LogP contribution is -2.45. The molecular weight excluding hydrogens is 470 g/mol. The third-order valence-corrected chi connectivity index (χ3v) is 6.05. The van der Waals surface area contributed by atoms with Crippen LogP contribution in [0.15, 0.2) is 47.4 Å². The number of methoxy groups -OCH3 is 2. The topological polar surface area (TPSA) is 163 Å². The number of rotatable bonds is 11. The van der Waals surface area contributed by atoms with Crippen LogP contribution in [-0.2, 0) is 24.3 Å². The number of nitro groups is 1. The highest BCUT2D eigenvalue weighted by atomic mass is 32.2. The van der Waals surface area contributed by atoms with Crippen molar-refractivity contribution in [2.45, 2.75) is 24.8 Å². The van der Waals surface area contributed by atoms with Crippen LogP contribution in [0.5, 0.6) is 11.5 Å². The van der Waals surface area contributed by atoms with Gasteiger partial charge in [-0.2, -0.15) is 4.72 Å². The number of hydrogen-bond donors (Lipinski definition) is 2. The van der Waals surface area contributed by atoms with Crippen LogP contribution in [0.3, 0.4) is 0 Å². The molecule has 0 radical (unpaired) electrons. The quantitative estimate of drug-likeness (QED) is 0.270. The predicted octanol–water partition coefficient (Wildman–Crippen LogP) is 2.10. The second-order valence-corrected chi connectivity index (χ2v) is 9.03. The van der Waals surface area contributed by atoms with Crippen molar-refractivity contribution in [3.63, 3.8) is 0 Å². The fourth-order valence-electron chi connectivity index (χ4n) is 2.75. The molecule has 0 aliphatic heterocycles. The fourth-order valence-corrected chi connectivity index (χ4v) is 4.09. The Bertz CT molecular complexity index is 1150. The first-order valence-electron chi connectivity index (χ1n) is 9.93. The van der Waals surface area contributed by atoms with Gasteiger partial charge in [0.25, 0.3) is 11.6 Å². The predicted molar refractivity (Wildman–Crippen MR) is 121 cm³/mol. The Morgan fingerprint density at radius 1 is 1.03 bits per heavy atom. The highest BCUT2D eigenvalue weighted by Gasteiger charge is 2.30. The van der Waals surface area contributed by atoms with Crippen molar-refractivity contribution in [1.82, 2.24) is 4.72 Å². The number of nitrogens with zero attached hydrogens (tertiary/aromatic N) is 1. The largest absolute Gasteiger partial charge is 0.497 e. The molecule has 13 heteroatoms. The van der Waals surface area contributed by atoms with Crippen LogP contribution < -0.4 is 19.5 Å². The van der Waals surface area contributed by atoms with E-state index in [0.717, 1.165) is 6.07 Å². The number of nitro benzene ring substituents is 1. The summed E-state index contributed by atoms with van der Waals surface area (Å²) in [7, 11) is -1.30. The minimum Gasteiger partial charge on any atom is -0.497 e.